The second-order valence-corrected chi connectivity index (χ2v) is 4.29. The van der Waals surface area contributed by atoms with E-state index in [1.165, 1.54) is 6.08 Å². The number of hydrogen-bond acceptors (Lipinski definition) is 4. The van der Waals surface area contributed by atoms with Gasteiger partial charge in [0.1, 0.15) is 5.76 Å². The summed E-state index contributed by atoms with van der Waals surface area (Å²) in [7, 11) is -3.47. The zero-order valence-electron chi connectivity index (χ0n) is 6.74. The van der Waals surface area contributed by atoms with Crippen LogP contribution in [-0.4, -0.2) is 20.5 Å². The SMILES string of the molecule is CS(=O)(=O)OC1=CC(=O)CCC1. The number of carbonyl (C=O) groups is 1. The first-order valence-electron chi connectivity index (χ1n) is 3.60. The molecule has 0 aliphatic heterocycles. The number of rotatable bonds is 2. The molecule has 4 nitrogen and oxygen atoms in total. The number of hydrogen-bond donors (Lipinski definition) is 0. The van der Waals surface area contributed by atoms with E-state index < -0.39 is 10.1 Å². The molecule has 0 N–H and O–H groups in total. The lowest BCUT2D eigenvalue weighted by atomic mass is 10.1. The van der Waals surface area contributed by atoms with E-state index in [-0.39, 0.29) is 11.5 Å². The minimum atomic E-state index is -3.47. The lowest BCUT2D eigenvalue weighted by molar-refractivity contribution is -0.115. The highest BCUT2D eigenvalue weighted by Crippen LogP contribution is 2.17. The molecule has 0 aromatic heterocycles. The van der Waals surface area contributed by atoms with Gasteiger partial charge in [-0.1, -0.05) is 0 Å². The maximum Gasteiger partial charge on any atom is 0.305 e. The Morgan fingerprint density at radius 2 is 2.08 bits per heavy atom. The third-order valence-electron chi connectivity index (χ3n) is 1.43. The lowest BCUT2D eigenvalue weighted by Crippen LogP contribution is -2.09. The lowest BCUT2D eigenvalue weighted by Gasteiger charge is -2.10. The van der Waals surface area contributed by atoms with Crippen LogP contribution < -0.4 is 0 Å². The van der Waals surface area contributed by atoms with Crippen molar-refractivity contribution in [3.05, 3.63) is 11.8 Å². The van der Waals surface area contributed by atoms with Gasteiger partial charge in [-0.15, -0.1) is 0 Å². The zero-order valence-corrected chi connectivity index (χ0v) is 7.56. The minimum absolute atomic E-state index is 0.0695. The van der Waals surface area contributed by atoms with Gasteiger partial charge in [0.15, 0.2) is 5.78 Å². The molecule has 0 atom stereocenters. The average molecular weight is 190 g/mol. The maximum atomic E-state index is 10.8. The van der Waals surface area contributed by atoms with Crippen LogP contribution in [0.4, 0.5) is 0 Å². The molecular formula is C7H10O4S. The van der Waals surface area contributed by atoms with Crippen LogP contribution >= 0.6 is 0 Å². The van der Waals surface area contributed by atoms with Crippen molar-refractivity contribution >= 4 is 15.9 Å². The van der Waals surface area contributed by atoms with Crippen LogP contribution in [0.15, 0.2) is 11.8 Å². The molecule has 0 radical (unpaired) electrons. The summed E-state index contributed by atoms with van der Waals surface area (Å²) in [6.45, 7) is 0. The van der Waals surface area contributed by atoms with Gasteiger partial charge in [-0.2, -0.15) is 8.42 Å². The molecule has 0 fully saturated rings. The Balaban J connectivity index is 2.70. The summed E-state index contributed by atoms with van der Waals surface area (Å²) in [5, 5.41) is 0. The number of allylic oxidation sites excluding steroid dienone is 2. The summed E-state index contributed by atoms with van der Waals surface area (Å²) in [5.74, 6) is 0.189. The van der Waals surface area contributed by atoms with Gasteiger partial charge in [-0.3, -0.25) is 4.79 Å². The van der Waals surface area contributed by atoms with Gasteiger partial charge in [0.05, 0.1) is 6.26 Å². The van der Waals surface area contributed by atoms with E-state index in [2.05, 4.69) is 4.18 Å². The Morgan fingerprint density at radius 1 is 1.42 bits per heavy atom. The van der Waals surface area contributed by atoms with Crippen LogP contribution in [0.5, 0.6) is 0 Å². The predicted molar refractivity (Wildman–Crippen MR) is 42.9 cm³/mol. The zero-order chi connectivity index (χ0) is 9.19. The normalized spacial score (nSPS) is 18.8. The van der Waals surface area contributed by atoms with Crippen LogP contribution in [0.3, 0.4) is 0 Å². The summed E-state index contributed by atoms with van der Waals surface area (Å²) in [5.41, 5.74) is 0. The Hall–Kier alpha value is -0.840. The highest BCUT2D eigenvalue weighted by Gasteiger charge is 2.14. The van der Waals surface area contributed by atoms with Gasteiger partial charge in [0, 0.05) is 18.9 Å². The van der Waals surface area contributed by atoms with Crippen molar-refractivity contribution in [1.29, 1.82) is 0 Å². The third kappa shape index (κ3) is 3.04. The summed E-state index contributed by atoms with van der Waals surface area (Å²) < 4.78 is 25.8. The molecule has 0 saturated heterocycles. The van der Waals surface area contributed by atoms with E-state index in [1.807, 2.05) is 0 Å². The smallest absolute Gasteiger partial charge is 0.305 e. The number of ketones is 1. The van der Waals surface area contributed by atoms with Crippen molar-refractivity contribution in [2.45, 2.75) is 19.3 Å². The Morgan fingerprint density at radius 3 is 2.58 bits per heavy atom. The van der Waals surface area contributed by atoms with E-state index in [9.17, 15) is 13.2 Å². The van der Waals surface area contributed by atoms with Gasteiger partial charge in [0.25, 0.3) is 0 Å². The van der Waals surface area contributed by atoms with Crippen LogP contribution in [0.1, 0.15) is 19.3 Å². The van der Waals surface area contributed by atoms with Gasteiger partial charge < -0.3 is 4.18 Å². The van der Waals surface area contributed by atoms with E-state index in [1.54, 1.807) is 0 Å². The van der Waals surface area contributed by atoms with Gasteiger partial charge >= 0.3 is 10.1 Å². The predicted octanol–water partition coefficient (Wildman–Crippen LogP) is 0.600. The molecule has 12 heavy (non-hydrogen) atoms. The summed E-state index contributed by atoms with van der Waals surface area (Å²) in [6, 6.07) is 0. The molecule has 0 spiro atoms. The largest absolute Gasteiger partial charge is 0.387 e. The molecule has 0 aromatic carbocycles. The first-order chi connectivity index (χ1) is 5.47. The molecular weight excluding hydrogens is 180 g/mol. The van der Waals surface area contributed by atoms with Crippen LogP contribution in [0.25, 0.3) is 0 Å². The van der Waals surface area contributed by atoms with Crippen molar-refractivity contribution in [1.82, 2.24) is 0 Å². The van der Waals surface area contributed by atoms with Crippen molar-refractivity contribution in [2.75, 3.05) is 6.26 Å². The molecule has 1 aliphatic carbocycles. The fourth-order valence-electron chi connectivity index (χ4n) is 1.02. The molecule has 1 aliphatic rings. The fraction of sp³-hybridized carbons (Fsp3) is 0.571. The first-order valence-corrected chi connectivity index (χ1v) is 5.42. The molecule has 1 rings (SSSR count). The second-order valence-electron chi connectivity index (χ2n) is 2.72. The Kier molecular flexibility index (Phi) is 2.52. The monoisotopic (exact) mass is 190 g/mol. The van der Waals surface area contributed by atoms with E-state index >= 15 is 0 Å². The van der Waals surface area contributed by atoms with E-state index in [0.29, 0.717) is 19.3 Å². The fourth-order valence-corrected chi connectivity index (χ4v) is 1.54. The quantitative estimate of drug-likeness (QED) is 0.598. The van der Waals surface area contributed by atoms with Crippen LogP contribution in [0.2, 0.25) is 0 Å². The molecule has 0 aromatic rings. The highest BCUT2D eigenvalue weighted by molar-refractivity contribution is 7.86. The second kappa shape index (κ2) is 3.26. The van der Waals surface area contributed by atoms with Crippen molar-refractivity contribution in [3.63, 3.8) is 0 Å². The molecule has 0 bridgehead atoms. The Labute approximate surface area is 71.3 Å². The molecule has 68 valence electrons. The molecule has 0 amide bonds. The van der Waals surface area contributed by atoms with Gasteiger partial charge in [-0.25, -0.2) is 0 Å². The first kappa shape index (κ1) is 9.25. The standard InChI is InChI=1S/C7H10O4S/c1-12(9,10)11-7-4-2-3-6(8)5-7/h5H,2-4H2,1H3. The van der Waals surface area contributed by atoms with E-state index in [4.69, 9.17) is 0 Å². The highest BCUT2D eigenvalue weighted by atomic mass is 32.2. The molecule has 0 saturated carbocycles. The molecule has 0 heterocycles. The average Bonchev–Trinajstić information content (AvgIpc) is 1.82. The molecule has 5 heteroatoms. The minimum Gasteiger partial charge on any atom is -0.387 e. The summed E-state index contributed by atoms with van der Waals surface area (Å²) in [4.78, 5) is 10.8. The van der Waals surface area contributed by atoms with Gasteiger partial charge in [0.2, 0.25) is 0 Å². The van der Waals surface area contributed by atoms with E-state index in [0.717, 1.165) is 6.26 Å². The van der Waals surface area contributed by atoms with Crippen molar-refractivity contribution in [2.24, 2.45) is 0 Å². The Bertz CT molecular complexity index is 312. The number of carbonyl (C=O) groups excluding carboxylic acids is 1. The van der Waals surface area contributed by atoms with Crippen LogP contribution in [-0.2, 0) is 19.1 Å². The third-order valence-corrected chi connectivity index (χ3v) is 1.94. The van der Waals surface area contributed by atoms with Crippen LogP contribution in [0, 0.1) is 0 Å². The van der Waals surface area contributed by atoms with Crippen molar-refractivity contribution in [3.8, 4) is 0 Å². The maximum absolute atomic E-state index is 10.8. The summed E-state index contributed by atoms with van der Waals surface area (Å²) >= 11 is 0. The topological polar surface area (TPSA) is 60.4 Å². The van der Waals surface area contributed by atoms with Gasteiger partial charge in [-0.05, 0) is 6.42 Å². The van der Waals surface area contributed by atoms with Crippen molar-refractivity contribution < 1.29 is 17.4 Å². The molecule has 0 unspecified atom stereocenters. The summed E-state index contributed by atoms with van der Waals surface area (Å²) in [6.07, 6.45) is 3.90.